The number of nitrogens with one attached hydrogen (secondary N) is 3. The van der Waals surface area contributed by atoms with E-state index < -0.39 is 18.0 Å². The van der Waals surface area contributed by atoms with Crippen molar-refractivity contribution < 1.29 is 23.5 Å². The van der Waals surface area contributed by atoms with Crippen molar-refractivity contribution in [2.75, 3.05) is 26.2 Å². The molecule has 1 atom stereocenters. The van der Waals surface area contributed by atoms with Gasteiger partial charge in [-0.2, -0.15) is 0 Å². The highest BCUT2D eigenvalue weighted by atomic mass is 16.5. The number of amides is 3. The molecule has 3 N–H and O–H groups in total. The van der Waals surface area contributed by atoms with Crippen molar-refractivity contribution in [1.29, 1.82) is 0 Å². The monoisotopic (exact) mass is 392 g/mol. The van der Waals surface area contributed by atoms with Gasteiger partial charge in [-0.15, -0.1) is 0 Å². The number of hydrogen-bond acceptors (Lipinski definition) is 6. The standard InChI is InChI=1S/C19H28N4O5/c1-5-23(11-15(24)20-12(3)4)10-13-16(18(25)27-6-2)17(22-19(26)21-13)14-8-7-9-28-14/h7-9,12,17H,5-6,10-11H2,1-4H3,(H,20,24)(H2,21,22,26)/t17-/m1/s1. The van der Waals surface area contributed by atoms with Gasteiger partial charge in [0.1, 0.15) is 11.8 Å². The van der Waals surface area contributed by atoms with Gasteiger partial charge < -0.3 is 25.1 Å². The number of nitrogens with zero attached hydrogens (tertiary/aromatic N) is 1. The van der Waals surface area contributed by atoms with E-state index in [-0.39, 0.29) is 37.2 Å². The molecule has 0 saturated carbocycles. The minimum atomic E-state index is -0.763. The largest absolute Gasteiger partial charge is 0.467 e. The molecule has 0 aliphatic carbocycles. The Hall–Kier alpha value is -2.81. The predicted molar refractivity (Wildman–Crippen MR) is 102 cm³/mol. The van der Waals surface area contributed by atoms with Crippen LogP contribution in [0.5, 0.6) is 0 Å². The second-order valence-corrected chi connectivity index (χ2v) is 6.69. The highest BCUT2D eigenvalue weighted by molar-refractivity contribution is 5.95. The molecule has 0 spiro atoms. The van der Waals surface area contributed by atoms with Crippen LogP contribution in [0.4, 0.5) is 4.79 Å². The van der Waals surface area contributed by atoms with Gasteiger partial charge in [0.05, 0.1) is 25.0 Å². The summed E-state index contributed by atoms with van der Waals surface area (Å²) in [4.78, 5) is 38.8. The Morgan fingerprint density at radius 1 is 1.36 bits per heavy atom. The zero-order chi connectivity index (χ0) is 20.7. The van der Waals surface area contributed by atoms with Gasteiger partial charge in [0.15, 0.2) is 0 Å². The Morgan fingerprint density at radius 3 is 2.68 bits per heavy atom. The molecule has 0 saturated heterocycles. The molecule has 0 unspecified atom stereocenters. The topological polar surface area (TPSA) is 113 Å². The number of rotatable bonds is 9. The van der Waals surface area contributed by atoms with E-state index in [4.69, 9.17) is 9.15 Å². The first-order valence-electron chi connectivity index (χ1n) is 9.38. The molecule has 1 aliphatic heterocycles. The molecule has 154 valence electrons. The third kappa shape index (κ3) is 5.59. The Morgan fingerprint density at radius 2 is 2.11 bits per heavy atom. The maximum Gasteiger partial charge on any atom is 0.338 e. The minimum absolute atomic E-state index is 0.0300. The first kappa shape index (κ1) is 21.5. The first-order valence-corrected chi connectivity index (χ1v) is 9.38. The molecule has 2 heterocycles. The van der Waals surface area contributed by atoms with E-state index in [0.29, 0.717) is 18.0 Å². The van der Waals surface area contributed by atoms with Crippen molar-refractivity contribution in [3.05, 3.63) is 35.4 Å². The highest BCUT2D eigenvalue weighted by Crippen LogP contribution is 2.28. The lowest BCUT2D eigenvalue weighted by molar-refractivity contribution is -0.139. The number of furan rings is 1. The molecule has 1 aromatic rings. The lowest BCUT2D eigenvalue weighted by Gasteiger charge is -2.30. The van der Waals surface area contributed by atoms with Gasteiger partial charge in [0.25, 0.3) is 0 Å². The smallest absolute Gasteiger partial charge is 0.338 e. The van der Waals surface area contributed by atoms with Crippen LogP contribution in [0.3, 0.4) is 0 Å². The third-order valence-corrected chi connectivity index (χ3v) is 4.12. The third-order valence-electron chi connectivity index (χ3n) is 4.12. The number of ether oxygens (including phenoxy) is 1. The van der Waals surface area contributed by atoms with Gasteiger partial charge in [0, 0.05) is 18.3 Å². The van der Waals surface area contributed by atoms with Crippen LogP contribution in [0, 0.1) is 0 Å². The van der Waals surface area contributed by atoms with Crippen molar-refractivity contribution in [2.24, 2.45) is 0 Å². The van der Waals surface area contributed by atoms with E-state index in [1.807, 2.05) is 25.7 Å². The molecule has 1 aliphatic rings. The number of carbonyl (C=O) groups is 3. The summed E-state index contributed by atoms with van der Waals surface area (Å²) >= 11 is 0. The van der Waals surface area contributed by atoms with Crippen LogP contribution >= 0.6 is 0 Å². The first-order chi connectivity index (χ1) is 13.3. The molecule has 0 fully saturated rings. The van der Waals surface area contributed by atoms with Gasteiger partial charge in [-0.3, -0.25) is 9.69 Å². The van der Waals surface area contributed by atoms with Crippen LogP contribution in [0.15, 0.2) is 34.1 Å². The normalized spacial score (nSPS) is 16.8. The lowest BCUT2D eigenvalue weighted by atomic mass is 10.00. The predicted octanol–water partition coefficient (Wildman–Crippen LogP) is 1.30. The number of esters is 1. The van der Waals surface area contributed by atoms with Crippen LogP contribution in [-0.2, 0) is 14.3 Å². The van der Waals surface area contributed by atoms with Crippen molar-refractivity contribution in [2.45, 2.75) is 39.8 Å². The van der Waals surface area contributed by atoms with E-state index in [2.05, 4.69) is 16.0 Å². The summed E-state index contributed by atoms with van der Waals surface area (Å²) < 4.78 is 10.6. The van der Waals surface area contributed by atoms with Crippen molar-refractivity contribution in [3.8, 4) is 0 Å². The molecule has 0 aromatic carbocycles. The van der Waals surface area contributed by atoms with Crippen LogP contribution in [0.2, 0.25) is 0 Å². The van der Waals surface area contributed by atoms with Crippen LogP contribution in [0.1, 0.15) is 39.5 Å². The average Bonchev–Trinajstić information content (AvgIpc) is 3.14. The summed E-state index contributed by atoms with van der Waals surface area (Å²) in [7, 11) is 0. The summed E-state index contributed by atoms with van der Waals surface area (Å²) in [5, 5.41) is 8.22. The van der Waals surface area contributed by atoms with Crippen LogP contribution in [0.25, 0.3) is 0 Å². The molecule has 9 nitrogen and oxygen atoms in total. The second-order valence-electron chi connectivity index (χ2n) is 6.69. The number of urea groups is 1. The Balaban J connectivity index is 2.33. The Bertz CT molecular complexity index is 727. The fraction of sp³-hybridized carbons (Fsp3) is 0.526. The highest BCUT2D eigenvalue weighted by Gasteiger charge is 2.35. The molecule has 1 aromatic heterocycles. The average molecular weight is 392 g/mol. The van der Waals surface area contributed by atoms with Crippen molar-refractivity contribution >= 4 is 17.9 Å². The fourth-order valence-electron chi connectivity index (χ4n) is 2.94. The summed E-state index contributed by atoms with van der Waals surface area (Å²) in [5.41, 5.74) is 0.655. The van der Waals surface area contributed by atoms with Gasteiger partial charge in [-0.25, -0.2) is 9.59 Å². The molecule has 2 rings (SSSR count). The van der Waals surface area contributed by atoms with E-state index in [0.717, 1.165) is 0 Å². The van der Waals surface area contributed by atoms with E-state index in [1.165, 1.54) is 6.26 Å². The Kier molecular flexibility index (Phi) is 7.62. The fourth-order valence-corrected chi connectivity index (χ4v) is 2.94. The number of carbonyl (C=O) groups excluding carboxylic acids is 3. The van der Waals surface area contributed by atoms with Gasteiger partial charge >= 0.3 is 12.0 Å². The van der Waals surface area contributed by atoms with Gasteiger partial charge in [0.2, 0.25) is 5.91 Å². The molecule has 3 amide bonds. The second kappa shape index (κ2) is 9.93. The van der Waals surface area contributed by atoms with E-state index >= 15 is 0 Å². The van der Waals surface area contributed by atoms with Gasteiger partial charge in [-0.1, -0.05) is 6.92 Å². The molecule has 28 heavy (non-hydrogen) atoms. The SMILES string of the molecule is CCOC(=O)C1=C(CN(CC)CC(=O)NC(C)C)NC(=O)N[C@@H]1c1ccco1. The molecule has 9 heteroatoms. The molecular weight excluding hydrogens is 364 g/mol. The maximum atomic E-state index is 12.6. The van der Waals surface area contributed by atoms with Gasteiger partial charge in [-0.05, 0) is 39.4 Å². The molecule has 0 bridgehead atoms. The molecule has 0 radical (unpaired) electrons. The van der Waals surface area contributed by atoms with Crippen LogP contribution < -0.4 is 16.0 Å². The van der Waals surface area contributed by atoms with Crippen molar-refractivity contribution in [1.82, 2.24) is 20.9 Å². The quantitative estimate of drug-likeness (QED) is 0.546. The molecular formula is C19H28N4O5. The minimum Gasteiger partial charge on any atom is -0.467 e. The maximum absolute atomic E-state index is 12.6. The van der Waals surface area contributed by atoms with Crippen LogP contribution in [-0.4, -0.2) is 55.1 Å². The summed E-state index contributed by atoms with van der Waals surface area (Å²) in [6.07, 6.45) is 1.47. The Labute approximate surface area is 164 Å². The lowest BCUT2D eigenvalue weighted by Crippen LogP contribution is -2.49. The van der Waals surface area contributed by atoms with Crippen molar-refractivity contribution in [3.63, 3.8) is 0 Å². The summed E-state index contributed by atoms with van der Waals surface area (Å²) in [5.74, 6) is -0.247. The van der Waals surface area contributed by atoms with E-state index in [9.17, 15) is 14.4 Å². The van der Waals surface area contributed by atoms with E-state index in [1.54, 1.807) is 19.1 Å². The zero-order valence-electron chi connectivity index (χ0n) is 16.7. The number of likely N-dealkylation sites (N-methyl/N-ethyl adjacent to an activating group) is 1. The summed E-state index contributed by atoms with van der Waals surface area (Å²) in [6.45, 7) is 8.49. The summed E-state index contributed by atoms with van der Waals surface area (Å²) in [6, 6.07) is 2.18. The zero-order valence-corrected chi connectivity index (χ0v) is 16.7. The number of hydrogen-bond donors (Lipinski definition) is 3.